The number of rotatable bonds is 6. The number of aliphatic carboxylic acids is 1. The molecule has 0 unspecified atom stereocenters. The molecule has 1 heterocycles. The Labute approximate surface area is 123 Å². The van der Waals surface area contributed by atoms with Gasteiger partial charge in [-0.25, -0.2) is 4.79 Å². The standard InChI is InChI=1S/C13H22N2O4S/c1-9(16)14-10(5-8-20-3)11(17)15-7-4-6-13(15,2)12(18)19/h10H,4-8H2,1-3H3,(H,14,16)(H,18,19)/t10-,13-/m0/s1. The molecule has 0 bridgehead atoms. The van der Waals surface area contributed by atoms with Gasteiger partial charge in [-0.2, -0.15) is 11.8 Å². The van der Waals surface area contributed by atoms with Gasteiger partial charge < -0.3 is 15.3 Å². The minimum atomic E-state index is -1.16. The molecule has 0 spiro atoms. The monoisotopic (exact) mass is 302 g/mol. The molecule has 6 nitrogen and oxygen atoms in total. The molecule has 2 amide bonds. The van der Waals surface area contributed by atoms with Gasteiger partial charge in [-0.05, 0) is 38.2 Å². The van der Waals surface area contributed by atoms with Crippen LogP contribution in [0.15, 0.2) is 0 Å². The molecule has 1 fully saturated rings. The summed E-state index contributed by atoms with van der Waals surface area (Å²) in [6.45, 7) is 3.36. The smallest absolute Gasteiger partial charge is 0.329 e. The van der Waals surface area contributed by atoms with Crippen LogP contribution in [0, 0.1) is 0 Å². The molecule has 0 aromatic carbocycles. The largest absolute Gasteiger partial charge is 0.480 e. The molecule has 0 saturated carbocycles. The van der Waals surface area contributed by atoms with Crippen molar-refractivity contribution in [1.82, 2.24) is 10.2 Å². The number of hydrogen-bond donors (Lipinski definition) is 2. The molecule has 7 heteroatoms. The Morgan fingerprint density at radius 2 is 2.10 bits per heavy atom. The van der Waals surface area contributed by atoms with E-state index in [1.807, 2.05) is 6.26 Å². The van der Waals surface area contributed by atoms with Gasteiger partial charge in [0.25, 0.3) is 0 Å². The van der Waals surface area contributed by atoms with Crippen molar-refractivity contribution in [2.24, 2.45) is 0 Å². The summed E-state index contributed by atoms with van der Waals surface area (Å²) in [6, 6.07) is -0.642. The average molecular weight is 302 g/mol. The van der Waals surface area contributed by atoms with Gasteiger partial charge in [0.1, 0.15) is 11.6 Å². The average Bonchev–Trinajstić information content (AvgIpc) is 2.76. The van der Waals surface area contributed by atoms with Crippen molar-refractivity contribution >= 4 is 29.5 Å². The lowest BCUT2D eigenvalue weighted by Crippen LogP contribution is -2.57. The zero-order valence-corrected chi connectivity index (χ0v) is 13.0. The van der Waals surface area contributed by atoms with Gasteiger partial charge in [-0.15, -0.1) is 0 Å². The number of hydrogen-bond acceptors (Lipinski definition) is 4. The van der Waals surface area contributed by atoms with Crippen LogP contribution in [-0.4, -0.2) is 57.9 Å². The first kappa shape index (κ1) is 16.8. The van der Waals surface area contributed by atoms with E-state index in [9.17, 15) is 19.5 Å². The molecule has 0 aromatic rings. The highest BCUT2D eigenvalue weighted by atomic mass is 32.2. The summed E-state index contributed by atoms with van der Waals surface area (Å²) < 4.78 is 0. The second-order valence-corrected chi connectivity index (χ2v) is 6.19. The molecule has 1 rings (SSSR count). The molecule has 0 aliphatic carbocycles. The Kier molecular flexibility index (Phi) is 5.86. The van der Waals surface area contributed by atoms with Gasteiger partial charge in [-0.1, -0.05) is 0 Å². The predicted octanol–water partition coefficient (Wildman–Crippen LogP) is 0.710. The summed E-state index contributed by atoms with van der Waals surface area (Å²) in [6.07, 6.45) is 3.55. The number of carbonyl (C=O) groups excluding carboxylic acids is 2. The first-order valence-electron chi connectivity index (χ1n) is 6.64. The maximum absolute atomic E-state index is 12.5. The minimum Gasteiger partial charge on any atom is -0.480 e. The number of carbonyl (C=O) groups is 3. The molecule has 1 aliphatic heterocycles. The van der Waals surface area contributed by atoms with Crippen LogP contribution in [0.5, 0.6) is 0 Å². The van der Waals surface area contributed by atoms with Gasteiger partial charge in [0, 0.05) is 13.5 Å². The van der Waals surface area contributed by atoms with E-state index in [4.69, 9.17) is 0 Å². The number of thioether (sulfide) groups is 1. The summed E-state index contributed by atoms with van der Waals surface area (Å²) in [5.74, 6) is -0.832. The van der Waals surface area contributed by atoms with Crippen molar-refractivity contribution in [2.45, 2.75) is 44.7 Å². The molecule has 114 valence electrons. The molecular weight excluding hydrogens is 280 g/mol. The Morgan fingerprint density at radius 1 is 1.45 bits per heavy atom. The van der Waals surface area contributed by atoms with E-state index in [2.05, 4.69) is 5.32 Å². The van der Waals surface area contributed by atoms with Crippen LogP contribution >= 0.6 is 11.8 Å². The highest BCUT2D eigenvalue weighted by Gasteiger charge is 2.47. The lowest BCUT2D eigenvalue weighted by molar-refractivity contribution is -0.156. The molecule has 2 N–H and O–H groups in total. The number of nitrogens with zero attached hydrogens (tertiary/aromatic N) is 1. The van der Waals surface area contributed by atoms with Crippen LogP contribution < -0.4 is 5.32 Å². The summed E-state index contributed by atoms with van der Waals surface area (Å²) >= 11 is 1.58. The fourth-order valence-electron chi connectivity index (χ4n) is 2.47. The van der Waals surface area contributed by atoms with Crippen molar-refractivity contribution in [2.75, 3.05) is 18.6 Å². The van der Waals surface area contributed by atoms with Crippen LogP contribution in [0.2, 0.25) is 0 Å². The van der Waals surface area contributed by atoms with E-state index in [0.717, 1.165) is 5.75 Å². The van der Waals surface area contributed by atoms with Gasteiger partial charge in [-0.3, -0.25) is 9.59 Å². The Bertz CT molecular complexity index is 402. The normalized spacial score (nSPS) is 23.4. The summed E-state index contributed by atoms with van der Waals surface area (Å²) in [7, 11) is 0. The predicted molar refractivity (Wildman–Crippen MR) is 77.6 cm³/mol. The third-order valence-corrected chi connectivity index (χ3v) is 4.30. The fraction of sp³-hybridized carbons (Fsp3) is 0.769. The number of nitrogens with one attached hydrogen (secondary N) is 1. The van der Waals surface area contributed by atoms with Crippen molar-refractivity contribution < 1.29 is 19.5 Å². The van der Waals surface area contributed by atoms with Crippen molar-refractivity contribution in [1.29, 1.82) is 0 Å². The van der Waals surface area contributed by atoms with Crippen LogP contribution in [0.1, 0.15) is 33.1 Å². The quantitative estimate of drug-likeness (QED) is 0.754. The second kappa shape index (κ2) is 6.97. The molecule has 0 aromatic heterocycles. The van der Waals surface area contributed by atoms with E-state index in [-0.39, 0.29) is 11.8 Å². The van der Waals surface area contributed by atoms with Gasteiger partial charge in [0.15, 0.2) is 0 Å². The van der Waals surface area contributed by atoms with Crippen molar-refractivity contribution in [3.05, 3.63) is 0 Å². The fourth-order valence-corrected chi connectivity index (χ4v) is 2.94. The number of carboxylic acid groups (broad SMARTS) is 1. The third kappa shape index (κ3) is 3.65. The van der Waals surface area contributed by atoms with E-state index in [1.54, 1.807) is 18.7 Å². The highest BCUT2D eigenvalue weighted by molar-refractivity contribution is 7.98. The topological polar surface area (TPSA) is 86.7 Å². The first-order chi connectivity index (χ1) is 9.32. The zero-order valence-electron chi connectivity index (χ0n) is 12.1. The van der Waals surface area contributed by atoms with E-state index in [1.165, 1.54) is 11.8 Å². The number of likely N-dealkylation sites (tertiary alicyclic amines) is 1. The highest BCUT2D eigenvalue weighted by Crippen LogP contribution is 2.30. The Hall–Kier alpha value is -1.24. The van der Waals surface area contributed by atoms with Crippen LogP contribution in [0.3, 0.4) is 0 Å². The van der Waals surface area contributed by atoms with E-state index >= 15 is 0 Å². The van der Waals surface area contributed by atoms with Crippen molar-refractivity contribution in [3.63, 3.8) is 0 Å². The van der Waals surface area contributed by atoms with Gasteiger partial charge >= 0.3 is 5.97 Å². The SMILES string of the molecule is CSCC[C@H](NC(C)=O)C(=O)N1CCC[C@@]1(C)C(=O)O. The van der Waals surface area contributed by atoms with E-state index in [0.29, 0.717) is 25.8 Å². The minimum absolute atomic E-state index is 0.277. The molecule has 1 aliphatic rings. The van der Waals surface area contributed by atoms with Gasteiger partial charge in [0.2, 0.25) is 11.8 Å². The van der Waals surface area contributed by atoms with Crippen LogP contribution in [-0.2, 0) is 14.4 Å². The maximum atomic E-state index is 12.5. The van der Waals surface area contributed by atoms with Crippen LogP contribution in [0.25, 0.3) is 0 Å². The lowest BCUT2D eigenvalue weighted by Gasteiger charge is -2.34. The summed E-state index contributed by atoms with van der Waals surface area (Å²) in [5, 5.41) is 12.0. The summed E-state index contributed by atoms with van der Waals surface area (Å²) in [4.78, 5) is 36.6. The molecule has 20 heavy (non-hydrogen) atoms. The Morgan fingerprint density at radius 3 is 2.60 bits per heavy atom. The maximum Gasteiger partial charge on any atom is 0.329 e. The molecule has 0 radical (unpaired) electrons. The van der Waals surface area contributed by atoms with Crippen molar-refractivity contribution in [3.8, 4) is 0 Å². The third-order valence-electron chi connectivity index (χ3n) is 3.65. The Balaban J connectivity index is 2.87. The molecular formula is C13H22N2O4S. The van der Waals surface area contributed by atoms with E-state index < -0.39 is 17.6 Å². The number of carboxylic acids is 1. The summed E-state index contributed by atoms with van der Waals surface area (Å²) in [5.41, 5.74) is -1.16. The zero-order chi connectivity index (χ0) is 15.3. The molecule has 2 atom stereocenters. The molecule has 1 saturated heterocycles. The first-order valence-corrected chi connectivity index (χ1v) is 8.03. The van der Waals surface area contributed by atoms with Crippen LogP contribution in [0.4, 0.5) is 0 Å². The lowest BCUT2D eigenvalue weighted by atomic mass is 9.98. The second-order valence-electron chi connectivity index (χ2n) is 5.21. The van der Waals surface area contributed by atoms with Gasteiger partial charge in [0.05, 0.1) is 0 Å². The number of amides is 2.